The topological polar surface area (TPSA) is 68.0 Å². The minimum absolute atomic E-state index is 0.0583. The summed E-state index contributed by atoms with van der Waals surface area (Å²) in [5.41, 5.74) is 6.27. The standard InChI is InChI=1S/C12H9ClFN3O/c13-8-5-7(1-2-10(8)15)12(18)17-11-3-4-16-6-9(11)14/h1-6H,15H2,(H,16,17,18). The van der Waals surface area contributed by atoms with Gasteiger partial charge in [0, 0.05) is 11.8 Å². The average Bonchev–Trinajstić information content (AvgIpc) is 2.35. The monoisotopic (exact) mass is 265 g/mol. The van der Waals surface area contributed by atoms with Crippen molar-refractivity contribution in [1.82, 2.24) is 4.98 Å². The Bertz CT molecular complexity index is 604. The number of carbonyl (C=O) groups excluding carboxylic acids is 1. The van der Waals surface area contributed by atoms with E-state index < -0.39 is 11.7 Å². The predicted octanol–water partition coefficient (Wildman–Crippen LogP) is 2.71. The second-order valence-electron chi connectivity index (χ2n) is 3.55. The minimum atomic E-state index is -0.604. The first-order valence-electron chi connectivity index (χ1n) is 5.04. The van der Waals surface area contributed by atoms with E-state index in [-0.39, 0.29) is 10.7 Å². The van der Waals surface area contributed by atoms with Crippen LogP contribution in [0.3, 0.4) is 0 Å². The molecule has 0 aliphatic carbocycles. The number of hydrogen-bond donors (Lipinski definition) is 2. The highest BCUT2D eigenvalue weighted by atomic mass is 35.5. The zero-order chi connectivity index (χ0) is 13.1. The van der Waals surface area contributed by atoms with Gasteiger partial charge in [0.05, 0.1) is 22.6 Å². The second kappa shape index (κ2) is 5.01. The average molecular weight is 266 g/mol. The third-order valence-corrected chi connectivity index (χ3v) is 2.61. The van der Waals surface area contributed by atoms with Crippen LogP contribution in [-0.4, -0.2) is 10.9 Å². The maximum Gasteiger partial charge on any atom is 0.255 e. The molecule has 0 unspecified atom stereocenters. The van der Waals surface area contributed by atoms with Crippen molar-refractivity contribution >= 4 is 28.9 Å². The number of anilines is 2. The molecule has 0 saturated carbocycles. The van der Waals surface area contributed by atoms with Crippen LogP contribution in [0.5, 0.6) is 0 Å². The number of nitrogens with one attached hydrogen (secondary N) is 1. The van der Waals surface area contributed by atoms with Gasteiger partial charge < -0.3 is 11.1 Å². The van der Waals surface area contributed by atoms with Gasteiger partial charge in [-0.25, -0.2) is 4.39 Å². The van der Waals surface area contributed by atoms with Crippen LogP contribution in [0.15, 0.2) is 36.7 Å². The van der Waals surface area contributed by atoms with Crippen molar-refractivity contribution in [3.05, 3.63) is 53.1 Å². The molecule has 1 heterocycles. The third kappa shape index (κ3) is 2.57. The Morgan fingerprint density at radius 1 is 1.39 bits per heavy atom. The van der Waals surface area contributed by atoms with Gasteiger partial charge in [0.25, 0.3) is 5.91 Å². The summed E-state index contributed by atoms with van der Waals surface area (Å²) in [5.74, 6) is -1.07. The van der Waals surface area contributed by atoms with E-state index in [0.717, 1.165) is 6.20 Å². The summed E-state index contributed by atoms with van der Waals surface area (Å²) in [5, 5.41) is 2.70. The lowest BCUT2D eigenvalue weighted by Gasteiger charge is -2.06. The van der Waals surface area contributed by atoms with Crippen LogP contribution < -0.4 is 11.1 Å². The third-order valence-electron chi connectivity index (χ3n) is 2.28. The van der Waals surface area contributed by atoms with Gasteiger partial charge in [-0.1, -0.05) is 11.6 Å². The van der Waals surface area contributed by atoms with Crippen LogP contribution in [-0.2, 0) is 0 Å². The van der Waals surface area contributed by atoms with Crippen molar-refractivity contribution in [2.75, 3.05) is 11.1 Å². The number of nitrogens with zero attached hydrogens (tertiary/aromatic N) is 1. The molecule has 1 aromatic carbocycles. The van der Waals surface area contributed by atoms with Crippen LogP contribution in [0, 0.1) is 5.82 Å². The fourth-order valence-electron chi connectivity index (χ4n) is 1.34. The van der Waals surface area contributed by atoms with Gasteiger partial charge in [-0.3, -0.25) is 9.78 Å². The molecule has 6 heteroatoms. The maximum atomic E-state index is 13.3. The smallest absolute Gasteiger partial charge is 0.255 e. The van der Waals surface area contributed by atoms with Gasteiger partial charge in [0.1, 0.15) is 0 Å². The highest BCUT2D eigenvalue weighted by Gasteiger charge is 2.10. The Labute approximate surface area is 108 Å². The van der Waals surface area contributed by atoms with Crippen molar-refractivity contribution < 1.29 is 9.18 Å². The normalized spacial score (nSPS) is 10.1. The molecule has 0 aliphatic heterocycles. The number of carbonyl (C=O) groups is 1. The maximum absolute atomic E-state index is 13.3. The van der Waals surface area contributed by atoms with Crippen LogP contribution in [0.4, 0.5) is 15.8 Å². The Kier molecular flexibility index (Phi) is 3.43. The van der Waals surface area contributed by atoms with E-state index in [1.165, 1.54) is 30.5 Å². The molecule has 2 aromatic rings. The molecule has 0 aliphatic rings. The first kappa shape index (κ1) is 12.3. The number of benzene rings is 1. The SMILES string of the molecule is Nc1ccc(C(=O)Nc2ccncc2F)cc1Cl. The Morgan fingerprint density at radius 3 is 2.83 bits per heavy atom. The van der Waals surface area contributed by atoms with Crippen molar-refractivity contribution in [1.29, 1.82) is 0 Å². The quantitative estimate of drug-likeness (QED) is 0.821. The molecule has 0 fully saturated rings. The summed E-state index contributed by atoms with van der Waals surface area (Å²) < 4.78 is 13.3. The van der Waals surface area contributed by atoms with E-state index in [9.17, 15) is 9.18 Å². The van der Waals surface area contributed by atoms with Gasteiger partial charge in [0.2, 0.25) is 0 Å². The van der Waals surface area contributed by atoms with E-state index >= 15 is 0 Å². The van der Waals surface area contributed by atoms with Crippen molar-refractivity contribution in [3.8, 4) is 0 Å². The Balaban J connectivity index is 2.22. The molecular formula is C12H9ClFN3O. The van der Waals surface area contributed by atoms with E-state index in [2.05, 4.69) is 10.3 Å². The fourth-order valence-corrected chi connectivity index (χ4v) is 1.52. The summed E-state index contributed by atoms with van der Waals surface area (Å²) in [6, 6.07) is 5.81. The van der Waals surface area contributed by atoms with Crippen molar-refractivity contribution in [3.63, 3.8) is 0 Å². The number of rotatable bonds is 2. The number of halogens is 2. The van der Waals surface area contributed by atoms with Crippen LogP contribution in [0.25, 0.3) is 0 Å². The highest BCUT2D eigenvalue weighted by molar-refractivity contribution is 6.33. The molecule has 0 saturated heterocycles. The summed E-state index contributed by atoms with van der Waals surface area (Å²) >= 11 is 5.80. The molecule has 0 spiro atoms. The first-order valence-corrected chi connectivity index (χ1v) is 5.41. The fraction of sp³-hybridized carbons (Fsp3) is 0. The molecule has 0 atom stereocenters. The molecule has 3 N–H and O–H groups in total. The van der Waals surface area contributed by atoms with E-state index in [1.807, 2.05) is 0 Å². The Hall–Kier alpha value is -2.14. The van der Waals surface area contributed by atoms with Crippen molar-refractivity contribution in [2.45, 2.75) is 0 Å². The molecular weight excluding hydrogens is 257 g/mol. The number of aromatic nitrogens is 1. The minimum Gasteiger partial charge on any atom is -0.398 e. The summed E-state index contributed by atoms with van der Waals surface area (Å²) in [4.78, 5) is 15.4. The molecule has 4 nitrogen and oxygen atoms in total. The summed E-state index contributed by atoms with van der Waals surface area (Å²) in [6.45, 7) is 0. The number of hydrogen-bond acceptors (Lipinski definition) is 3. The predicted molar refractivity (Wildman–Crippen MR) is 68.0 cm³/mol. The van der Waals surface area contributed by atoms with Crippen LogP contribution in [0.1, 0.15) is 10.4 Å². The number of nitrogen functional groups attached to an aromatic ring is 1. The first-order chi connectivity index (χ1) is 8.58. The van der Waals surface area contributed by atoms with E-state index in [1.54, 1.807) is 0 Å². The van der Waals surface area contributed by atoms with Crippen molar-refractivity contribution in [2.24, 2.45) is 0 Å². The molecule has 0 radical (unpaired) electrons. The number of pyridine rings is 1. The largest absolute Gasteiger partial charge is 0.398 e. The number of nitrogens with two attached hydrogens (primary N) is 1. The molecule has 18 heavy (non-hydrogen) atoms. The lowest BCUT2D eigenvalue weighted by molar-refractivity contribution is 0.102. The van der Waals surface area contributed by atoms with Crippen LogP contribution in [0.2, 0.25) is 5.02 Å². The van der Waals surface area contributed by atoms with Crippen LogP contribution >= 0.6 is 11.6 Å². The van der Waals surface area contributed by atoms with Gasteiger partial charge >= 0.3 is 0 Å². The molecule has 2 rings (SSSR count). The zero-order valence-corrected chi connectivity index (χ0v) is 9.91. The molecule has 1 amide bonds. The van der Waals surface area contributed by atoms with E-state index in [4.69, 9.17) is 17.3 Å². The zero-order valence-electron chi connectivity index (χ0n) is 9.15. The lowest BCUT2D eigenvalue weighted by Crippen LogP contribution is -2.13. The van der Waals surface area contributed by atoms with Gasteiger partial charge in [-0.05, 0) is 24.3 Å². The number of amides is 1. The molecule has 92 valence electrons. The van der Waals surface area contributed by atoms with Gasteiger partial charge in [-0.2, -0.15) is 0 Å². The van der Waals surface area contributed by atoms with E-state index in [0.29, 0.717) is 11.3 Å². The Morgan fingerprint density at radius 2 is 2.17 bits per heavy atom. The molecule has 0 bridgehead atoms. The highest BCUT2D eigenvalue weighted by Crippen LogP contribution is 2.20. The summed E-state index contributed by atoms with van der Waals surface area (Å²) in [7, 11) is 0. The van der Waals surface area contributed by atoms with Gasteiger partial charge in [-0.15, -0.1) is 0 Å². The summed E-state index contributed by atoms with van der Waals surface area (Å²) in [6.07, 6.45) is 2.40. The second-order valence-corrected chi connectivity index (χ2v) is 3.95. The van der Waals surface area contributed by atoms with Gasteiger partial charge in [0.15, 0.2) is 5.82 Å². The lowest BCUT2D eigenvalue weighted by atomic mass is 10.2. The molecule has 1 aromatic heterocycles.